The molecule has 1 aliphatic rings. The van der Waals surface area contributed by atoms with Crippen LogP contribution in [0.5, 0.6) is 0 Å². The largest absolute Gasteiger partial charge is 0.451 e. The topological polar surface area (TPSA) is 80.3 Å². The van der Waals surface area contributed by atoms with Crippen LogP contribution in [-0.2, 0) is 30.6 Å². The molecule has 0 bridgehead atoms. The Morgan fingerprint density at radius 3 is 2.46 bits per heavy atom. The number of aromatic nitrogens is 3. The number of halogens is 6. The number of alkyl halides is 3. The number of hydrogen-bond donors (Lipinski definition) is 1. The number of fused-ring (bicyclic) bond motifs is 1. The highest BCUT2D eigenvalue weighted by Gasteiger charge is 2.39. The summed E-state index contributed by atoms with van der Waals surface area (Å²) in [5.74, 6) is 0.310. The Hall–Kier alpha value is -2.67. The lowest BCUT2D eigenvalue weighted by Gasteiger charge is -2.29. The predicted molar refractivity (Wildman–Crippen MR) is 81.4 cm³/mol. The molecule has 1 aromatic carbocycles. The molecular weight excluding hydrogens is 394 g/mol. The Balaban J connectivity index is 1.63. The first-order chi connectivity index (χ1) is 13.1. The van der Waals surface area contributed by atoms with Crippen LogP contribution in [0.3, 0.4) is 0 Å². The van der Waals surface area contributed by atoms with Crippen molar-refractivity contribution in [3.63, 3.8) is 0 Å². The summed E-state index contributed by atoms with van der Waals surface area (Å²) in [6.07, 6.45) is -4.65. The first-order valence-electron chi connectivity index (χ1n) is 7.96. The van der Waals surface area contributed by atoms with Crippen LogP contribution in [0.15, 0.2) is 12.1 Å². The van der Waals surface area contributed by atoms with E-state index in [1.165, 1.54) is 4.90 Å². The third-order valence-corrected chi connectivity index (χ3v) is 4.16. The molecule has 2 N–H and O–H groups in total. The van der Waals surface area contributed by atoms with Crippen molar-refractivity contribution in [2.75, 3.05) is 13.1 Å². The second-order valence-electron chi connectivity index (χ2n) is 6.17. The number of hydrazine groups is 1. The third kappa shape index (κ3) is 4.09. The molecule has 0 radical (unpaired) electrons. The van der Waals surface area contributed by atoms with E-state index in [4.69, 9.17) is 5.84 Å². The molecule has 152 valence electrons. The minimum atomic E-state index is -4.65. The van der Waals surface area contributed by atoms with Crippen molar-refractivity contribution >= 4 is 5.91 Å². The molecule has 0 spiro atoms. The molecule has 0 saturated carbocycles. The molecule has 3 rings (SSSR count). The summed E-state index contributed by atoms with van der Waals surface area (Å²) in [5.41, 5.74) is -0.248. The van der Waals surface area contributed by atoms with Crippen LogP contribution < -0.4 is 5.84 Å². The van der Waals surface area contributed by atoms with E-state index in [2.05, 4.69) is 10.2 Å². The van der Waals surface area contributed by atoms with E-state index in [9.17, 15) is 31.1 Å². The van der Waals surface area contributed by atoms with Gasteiger partial charge in [-0.05, 0) is 6.07 Å². The molecule has 0 fully saturated rings. The summed E-state index contributed by atoms with van der Waals surface area (Å²) in [4.78, 5) is 13.5. The molecule has 2 aromatic rings. The third-order valence-electron chi connectivity index (χ3n) is 4.16. The Kier molecular flexibility index (Phi) is 5.30. The summed E-state index contributed by atoms with van der Waals surface area (Å²) < 4.78 is 79.2. The SMILES string of the molecule is NN(CC(=O)N1CCn2c(nnc2C(F)(F)F)C1)Cc1cc(F)c(F)cc1F. The van der Waals surface area contributed by atoms with Crippen molar-refractivity contribution in [3.8, 4) is 0 Å². The molecule has 0 saturated heterocycles. The van der Waals surface area contributed by atoms with E-state index in [0.717, 1.165) is 9.58 Å². The van der Waals surface area contributed by atoms with Gasteiger partial charge in [0, 0.05) is 31.3 Å². The molecular formula is C15H14F6N6O. The molecule has 7 nitrogen and oxygen atoms in total. The number of carbonyl (C=O) groups is 1. The quantitative estimate of drug-likeness (QED) is 0.358. The molecule has 0 atom stereocenters. The van der Waals surface area contributed by atoms with Gasteiger partial charge in [0.1, 0.15) is 5.82 Å². The number of carbonyl (C=O) groups excluding carboxylic acids is 1. The fourth-order valence-corrected chi connectivity index (χ4v) is 2.81. The van der Waals surface area contributed by atoms with Crippen molar-refractivity contribution in [1.82, 2.24) is 24.7 Å². The van der Waals surface area contributed by atoms with E-state index in [0.29, 0.717) is 12.1 Å². The summed E-state index contributed by atoms with van der Waals surface area (Å²) >= 11 is 0. The Bertz CT molecular complexity index is 898. The molecule has 0 unspecified atom stereocenters. The van der Waals surface area contributed by atoms with Gasteiger partial charge in [-0.15, -0.1) is 10.2 Å². The number of hydrogen-bond acceptors (Lipinski definition) is 5. The number of nitrogens with two attached hydrogens (primary N) is 1. The Morgan fingerprint density at radius 1 is 1.11 bits per heavy atom. The van der Waals surface area contributed by atoms with Gasteiger partial charge in [-0.1, -0.05) is 0 Å². The minimum Gasteiger partial charge on any atom is -0.332 e. The van der Waals surface area contributed by atoms with Crippen LogP contribution in [0.4, 0.5) is 26.3 Å². The zero-order valence-electron chi connectivity index (χ0n) is 14.2. The van der Waals surface area contributed by atoms with Gasteiger partial charge in [-0.3, -0.25) is 10.6 Å². The highest BCUT2D eigenvalue weighted by Crippen LogP contribution is 2.29. The monoisotopic (exact) mass is 408 g/mol. The molecule has 1 amide bonds. The lowest BCUT2D eigenvalue weighted by molar-refractivity contribution is -0.148. The summed E-state index contributed by atoms with van der Waals surface area (Å²) in [6, 6.07) is 1.01. The Morgan fingerprint density at radius 2 is 1.79 bits per heavy atom. The van der Waals surface area contributed by atoms with Crippen molar-refractivity contribution in [2.45, 2.75) is 25.8 Å². The number of benzene rings is 1. The molecule has 1 aromatic heterocycles. The van der Waals surface area contributed by atoms with Crippen LogP contribution in [0.25, 0.3) is 0 Å². The van der Waals surface area contributed by atoms with E-state index >= 15 is 0 Å². The zero-order valence-corrected chi connectivity index (χ0v) is 14.2. The number of rotatable bonds is 4. The van der Waals surface area contributed by atoms with Crippen molar-refractivity contribution in [2.24, 2.45) is 5.84 Å². The van der Waals surface area contributed by atoms with E-state index in [1.54, 1.807) is 0 Å². The molecule has 28 heavy (non-hydrogen) atoms. The molecule has 2 heterocycles. The molecule has 13 heteroatoms. The second kappa shape index (κ2) is 7.39. The van der Waals surface area contributed by atoms with Crippen LogP contribution in [0.1, 0.15) is 17.2 Å². The fraction of sp³-hybridized carbons (Fsp3) is 0.400. The smallest absolute Gasteiger partial charge is 0.332 e. The maximum Gasteiger partial charge on any atom is 0.451 e. The predicted octanol–water partition coefficient (Wildman–Crippen LogP) is 1.43. The zero-order chi connectivity index (χ0) is 20.6. The van der Waals surface area contributed by atoms with Crippen molar-refractivity contribution in [3.05, 3.63) is 46.8 Å². The molecule has 0 aliphatic carbocycles. The van der Waals surface area contributed by atoms with Crippen LogP contribution >= 0.6 is 0 Å². The van der Waals surface area contributed by atoms with Gasteiger partial charge >= 0.3 is 6.18 Å². The standard InChI is InChI=1S/C15H14F6N6O/c16-9-4-11(18)10(17)3-8(9)5-26(22)7-13(28)25-1-2-27-12(6-25)23-24-14(27)15(19,20)21/h3-4H,1-2,5-7,22H2. The van der Waals surface area contributed by atoms with Gasteiger partial charge in [-0.2, -0.15) is 13.2 Å². The number of amides is 1. The first kappa shape index (κ1) is 20.1. The van der Waals surface area contributed by atoms with E-state index < -0.39 is 41.9 Å². The highest BCUT2D eigenvalue weighted by molar-refractivity contribution is 5.78. The van der Waals surface area contributed by atoms with Gasteiger partial charge in [0.05, 0.1) is 13.1 Å². The average Bonchev–Trinajstić information content (AvgIpc) is 3.03. The fourth-order valence-electron chi connectivity index (χ4n) is 2.81. The van der Waals surface area contributed by atoms with Gasteiger partial charge in [-0.25, -0.2) is 18.2 Å². The highest BCUT2D eigenvalue weighted by atomic mass is 19.4. The van der Waals surface area contributed by atoms with Gasteiger partial charge < -0.3 is 9.47 Å². The lowest BCUT2D eigenvalue weighted by atomic mass is 10.2. The normalized spacial score (nSPS) is 14.5. The van der Waals surface area contributed by atoms with E-state index in [1.807, 2.05) is 0 Å². The van der Waals surface area contributed by atoms with Crippen molar-refractivity contribution in [1.29, 1.82) is 0 Å². The average molecular weight is 408 g/mol. The van der Waals surface area contributed by atoms with Gasteiger partial charge in [0.25, 0.3) is 0 Å². The lowest BCUT2D eigenvalue weighted by Crippen LogP contribution is -2.46. The van der Waals surface area contributed by atoms with Crippen LogP contribution in [0.2, 0.25) is 0 Å². The Labute approximate surface area is 154 Å². The van der Waals surface area contributed by atoms with E-state index in [-0.39, 0.29) is 37.6 Å². The number of nitrogens with zero attached hydrogens (tertiary/aromatic N) is 5. The molecule has 1 aliphatic heterocycles. The minimum absolute atomic E-state index is 0.0258. The maximum atomic E-state index is 13.7. The van der Waals surface area contributed by atoms with Crippen molar-refractivity contribution < 1.29 is 31.1 Å². The first-order valence-corrected chi connectivity index (χ1v) is 7.96. The maximum absolute atomic E-state index is 13.7. The second-order valence-corrected chi connectivity index (χ2v) is 6.17. The summed E-state index contributed by atoms with van der Waals surface area (Å²) in [7, 11) is 0. The summed E-state index contributed by atoms with van der Waals surface area (Å²) in [6.45, 7) is -1.17. The van der Waals surface area contributed by atoms with Crippen LogP contribution in [-0.4, -0.2) is 43.7 Å². The van der Waals surface area contributed by atoms with Crippen LogP contribution in [0, 0.1) is 17.5 Å². The summed E-state index contributed by atoms with van der Waals surface area (Å²) in [5, 5.41) is 7.46. The van der Waals surface area contributed by atoms with Gasteiger partial charge in [0.2, 0.25) is 11.7 Å². The van der Waals surface area contributed by atoms with Gasteiger partial charge in [0.15, 0.2) is 17.5 Å².